The van der Waals surface area contributed by atoms with Gasteiger partial charge in [0.15, 0.2) is 5.54 Å². The van der Waals surface area contributed by atoms with Gasteiger partial charge in [0, 0.05) is 33.1 Å². The number of hydrogen-bond acceptors (Lipinski definition) is 6. The van der Waals surface area contributed by atoms with E-state index in [1.54, 1.807) is 4.68 Å². The van der Waals surface area contributed by atoms with Crippen LogP contribution in [0.25, 0.3) is 0 Å². The molecule has 0 aromatic carbocycles. The average Bonchev–Trinajstić information content (AvgIpc) is 3.24. The van der Waals surface area contributed by atoms with E-state index in [0.29, 0.717) is 19.6 Å². The Balaban J connectivity index is 1.90. The van der Waals surface area contributed by atoms with Crippen LogP contribution in [0.1, 0.15) is 31.7 Å². The lowest BCUT2D eigenvalue weighted by Gasteiger charge is -2.32. The minimum atomic E-state index is -3.97. The molecule has 0 radical (unpaired) electrons. The van der Waals surface area contributed by atoms with Crippen LogP contribution < -0.4 is 0 Å². The molecular weight excluding hydrogens is 350 g/mol. The number of aliphatic carboxylic acids is 1. The zero-order valence-corrected chi connectivity index (χ0v) is 14.9. The Morgan fingerprint density at radius 2 is 2.20 bits per heavy atom. The molecule has 9 nitrogen and oxygen atoms in total. The van der Waals surface area contributed by atoms with Gasteiger partial charge >= 0.3 is 5.97 Å². The van der Waals surface area contributed by atoms with Gasteiger partial charge in [0.05, 0.1) is 18.8 Å². The Kier molecular flexibility index (Phi) is 5.14. The zero-order chi connectivity index (χ0) is 18.1. The number of carboxylic acids is 1. The fourth-order valence-corrected chi connectivity index (χ4v) is 5.32. The molecule has 25 heavy (non-hydrogen) atoms. The van der Waals surface area contributed by atoms with Gasteiger partial charge < -0.3 is 14.6 Å². The van der Waals surface area contributed by atoms with E-state index >= 15 is 0 Å². The van der Waals surface area contributed by atoms with Crippen LogP contribution in [0.2, 0.25) is 0 Å². The second-order valence-electron chi connectivity index (χ2n) is 6.45. The van der Waals surface area contributed by atoms with Gasteiger partial charge in [-0.05, 0) is 25.7 Å². The fourth-order valence-electron chi connectivity index (χ4n) is 3.59. The van der Waals surface area contributed by atoms with Crippen molar-refractivity contribution in [1.29, 1.82) is 0 Å². The fraction of sp³-hybridized carbons (Fsp3) is 0.733. The predicted molar refractivity (Wildman–Crippen MR) is 86.7 cm³/mol. The molecular formula is C15H23N3O6S. The molecule has 3 rings (SSSR count). The molecule has 1 unspecified atom stereocenters. The van der Waals surface area contributed by atoms with Gasteiger partial charge in [-0.2, -0.15) is 9.40 Å². The molecule has 1 N–H and O–H groups in total. The smallest absolute Gasteiger partial charge is 0.327 e. The SMILES string of the molecule is COCC1(C(=O)O)CCCN1S(=O)(=O)c1cnn(C2CCOCC2)c1. The average molecular weight is 373 g/mol. The summed E-state index contributed by atoms with van der Waals surface area (Å²) < 4.78 is 39.1. The summed E-state index contributed by atoms with van der Waals surface area (Å²) in [6.45, 7) is 1.21. The van der Waals surface area contributed by atoms with Gasteiger partial charge in [-0.3, -0.25) is 9.48 Å². The summed E-state index contributed by atoms with van der Waals surface area (Å²) in [5.41, 5.74) is -1.56. The largest absolute Gasteiger partial charge is 0.480 e. The molecule has 0 bridgehead atoms. The highest BCUT2D eigenvalue weighted by molar-refractivity contribution is 7.89. The number of aromatic nitrogens is 2. The molecule has 2 fully saturated rings. The number of sulfonamides is 1. The normalized spacial score (nSPS) is 26.1. The summed E-state index contributed by atoms with van der Waals surface area (Å²) in [5, 5.41) is 13.9. The number of carbonyl (C=O) groups is 1. The Morgan fingerprint density at radius 3 is 2.84 bits per heavy atom. The van der Waals surface area contributed by atoms with E-state index in [4.69, 9.17) is 9.47 Å². The molecule has 0 saturated carbocycles. The van der Waals surface area contributed by atoms with E-state index in [1.165, 1.54) is 19.5 Å². The van der Waals surface area contributed by atoms with Crippen LogP contribution in [0.4, 0.5) is 0 Å². The number of hydrogen-bond donors (Lipinski definition) is 1. The maximum absolute atomic E-state index is 13.1. The first-order chi connectivity index (χ1) is 11.9. The molecule has 0 spiro atoms. The second-order valence-corrected chi connectivity index (χ2v) is 8.31. The van der Waals surface area contributed by atoms with Crippen molar-refractivity contribution < 1.29 is 27.8 Å². The monoisotopic (exact) mass is 373 g/mol. The molecule has 2 aliphatic rings. The maximum atomic E-state index is 13.1. The van der Waals surface area contributed by atoms with Gasteiger partial charge in [0.25, 0.3) is 0 Å². The quantitative estimate of drug-likeness (QED) is 0.772. The molecule has 1 aromatic heterocycles. The highest BCUT2D eigenvalue weighted by Gasteiger charge is 2.53. The lowest BCUT2D eigenvalue weighted by molar-refractivity contribution is -0.150. The Bertz CT molecular complexity index is 727. The van der Waals surface area contributed by atoms with Gasteiger partial charge in [0.1, 0.15) is 4.90 Å². The predicted octanol–water partition coefficient (Wildman–Crippen LogP) is 0.489. The van der Waals surface area contributed by atoms with E-state index in [0.717, 1.165) is 17.1 Å². The van der Waals surface area contributed by atoms with Crippen LogP contribution in [0.5, 0.6) is 0 Å². The number of rotatable bonds is 6. The van der Waals surface area contributed by atoms with Crippen molar-refractivity contribution in [2.75, 3.05) is 33.5 Å². The van der Waals surface area contributed by atoms with Crippen molar-refractivity contribution in [3.8, 4) is 0 Å². The van der Waals surface area contributed by atoms with Crippen LogP contribution in [-0.4, -0.2) is 72.6 Å². The minimum Gasteiger partial charge on any atom is -0.480 e. The minimum absolute atomic E-state index is 0.0163. The molecule has 0 amide bonds. The van der Waals surface area contributed by atoms with Crippen LogP contribution in [0.15, 0.2) is 17.3 Å². The third-order valence-electron chi connectivity index (χ3n) is 4.94. The van der Waals surface area contributed by atoms with Crippen molar-refractivity contribution in [2.24, 2.45) is 0 Å². The first kappa shape index (κ1) is 18.3. The standard InChI is InChI=1S/C15H23N3O6S/c1-23-11-15(14(19)20)5-2-6-18(15)25(21,22)13-9-16-17(10-13)12-3-7-24-8-4-12/h9-10,12H,2-8,11H2,1H3,(H,19,20). The molecule has 2 aliphatic heterocycles. The first-order valence-electron chi connectivity index (χ1n) is 8.29. The van der Waals surface area contributed by atoms with Crippen LogP contribution in [-0.2, 0) is 24.3 Å². The molecule has 1 aromatic rings. The van der Waals surface area contributed by atoms with Crippen LogP contribution in [0.3, 0.4) is 0 Å². The van der Waals surface area contributed by atoms with Gasteiger partial charge in [-0.15, -0.1) is 0 Å². The van der Waals surface area contributed by atoms with Crippen molar-refractivity contribution >= 4 is 16.0 Å². The number of methoxy groups -OCH3 is 1. The number of nitrogens with zero attached hydrogens (tertiary/aromatic N) is 3. The van der Waals surface area contributed by atoms with E-state index in [2.05, 4.69) is 5.10 Å². The maximum Gasteiger partial charge on any atom is 0.327 e. The summed E-state index contributed by atoms with van der Waals surface area (Å²) in [6, 6.07) is 0.0967. The molecule has 10 heteroatoms. The van der Waals surface area contributed by atoms with Crippen LogP contribution in [0, 0.1) is 0 Å². The molecule has 2 saturated heterocycles. The third-order valence-corrected chi connectivity index (χ3v) is 6.86. The Morgan fingerprint density at radius 1 is 1.48 bits per heavy atom. The topological polar surface area (TPSA) is 111 Å². The summed E-state index contributed by atoms with van der Waals surface area (Å²) >= 11 is 0. The highest BCUT2D eigenvalue weighted by atomic mass is 32.2. The molecule has 140 valence electrons. The number of carboxylic acid groups (broad SMARTS) is 1. The highest BCUT2D eigenvalue weighted by Crippen LogP contribution is 2.35. The van der Waals surface area contributed by atoms with E-state index < -0.39 is 21.5 Å². The molecule has 0 aliphatic carbocycles. The Labute approximate surface area is 146 Å². The Hall–Kier alpha value is -1.49. The van der Waals surface area contributed by atoms with Crippen molar-refractivity contribution in [1.82, 2.24) is 14.1 Å². The summed E-state index contributed by atoms with van der Waals surface area (Å²) in [5.74, 6) is -1.19. The van der Waals surface area contributed by atoms with Crippen LogP contribution >= 0.6 is 0 Å². The molecule has 1 atom stereocenters. The van der Waals surface area contributed by atoms with Crippen molar-refractivity contribution in [3.63, 3.8) is 0 Å². The lowest BCUT2D eigenvalue weighted by Crippen LogP contribution is -2.55. The summed E-state index contributed by atoms with van der Waals surface area (Å²) in [4.78, 5) is 11.8. The first-order valence-corrected chi connectivity index (χ1v) is 9.73. The van der Waals surface area contributed by atoms with Crippen molar-refractivity contribution in [2.45, 2.75) is 42.2 Å². The third kappa shape index (κ3) is 3.19. The van der Waals surface area contributed by atoms with Gasteiger partial charge in [-0.25, -0.2) is 8.42 Å². The number of ether oxygens (including phenoxy) is 2. The zero-order valence-electron chi connectivity index (χ0n) is 14.1. The lowest BCUT2D eigenvalue weighted by atomic mass is 9.99. The van der Waals surface area contributed by atoms with E-state index in [-0.39, 0.29) is 30.5 Å². The van der Waals surface area contributed by atoms with Gasteiger partial charge in [0.2, 0.25) is 10.0 Å². The summed E-state index contributed by atoms with van der Waals surface area (Å²) in [6.07, 6.45) is 5.03. The van der Waals surface area contributed by atoms with E-state index in [1.807, 2.05) is 0 Å². The second kappa shape index (κ2) is 7.02. The molecule has 3 heterocycles. The van der Waals surface area contributed by atoms with E-state index in [9.17, 15) is 18.3 Å². The summed E-state index contributed by atoms with van der Waals surface area (Å²) in [7, 11) is -2.60. The van der Waals surface area contributed by atoms with Gasteiger partial charge in [-0.1, -0.05) is 0 Å². The van der Waals surface area contributed by atoms with Crippen molar-refractivity contribution in [3.05, 3.63) is 12.4 Å².